The van der Waals surface area contributed by atoms with Crippen LogP contribution >= 0.6 is 0 Å². The molecule has 0 spiro atoms. The molecule has 2 aromatic rings. The number of piperazine rings is 1. The lowest BCUT2D eigenvalue weighted by Crippen LogP contribution is -2.50. The number of Topliss-reactive ketones (excluding diaryl/α,β-unsaturated/α-hetero) is 1. The van der Waals surface area contributed by atoms with Crippen molar-refractivity contribution in [2.75, 3.05) is 37.7 Å². The Balaban J connectivity index is 1.47. The van der Waals surface area contributed by atoms with Crippen LogP contribution in [0.1, 0.15) is 17.3 Å². The number of carbonyl (C=O) groups excluding carboxylic acids is 2. The fourth-order valence-corrected chi connectivity index (χ4v) is 2.63. The number of amides is 1. The second-order valence-electron chi connectivity index (χ2n) is 5.79. The molecule has 0 N–H and O–H groups in total. The van der Waals surface area contributed by atoms with Gasteiger partial charge in [-0.15, -0.1) is 0 Å². The average Bonchev–Trinajstić information content (AvgIpc) is 2.67. The van der Waals surface area contributed by atoms with Gasteiger partial charge in [-0.1, -0.05) is 0 Å². The molecule has 1 aliphatic rings. The van der Waals surface area contributed by atoms with E-state index >= 15 is 0 Å². The van der Waals surface area contributed by atoms with Gasteiger partial charge in [0, 0.05) is 44.1 Å². The Kier molecular flexibility index (Phi) is 5.23. The Morgan fingerprint density at radius 2 is 1.68 bits per heavy atom. The summed E-state index contributed by atoms with van der Waals surface area (Å²) in [5.41, 5.74) is 0.623. The number of ketones is 1. The summed E-state index contributed by atoms with van der Waals surface area (Å²) in [5, 5.41) is 0. The van der Waals surface area contributed by atoms with E-state index in [1.165, 1.54) is 6.92 Å². The number of hydrogen-bond acceptors (Lipinski definition) is 6. The fraction of sp³-hybridized carbons (Fsp3) is 0.333. The van der Waals surface area contributed by atoms with Crippen molar-refractivity contribution in [2.45, 2.75) is 6.92 Å². The highest BCUT2D eigenvalue weighted by Crippen LogP contribution is 2.14. The Hall–Kier alpha value is -2.96. The lowest BCUT2D eigenvalue weighted by Gasteiger charge is -2.34. The molecule has 0 atom stereocenters. The molecule has 130 valence electrons. The molecule has 0 bridgehead atoms. The van der Waals surface area contributed by atoms with Gasteiger partial charge in [0.05, 0.1) is 0 Å². The molecule has 1 amide bonds. The van der Waals surface area contributed by atoms with Gasteiger partial charge in [-0.05, 0) is 37.3 Å². The van der Waals surface area contributed by atoms with Gasteiger partial charge in [0.25, 0.3) is 5.91 Å². The van der Waals surface area contributed by atoms with E-state index in [1.807, 2.05) is 0 Å². The van der Waals surface area contributed by atoms with Gasteiger partial charge in [0.2, 0.25) is 5.95 Å². The Morgan fingerprint density at radius 1 is 1.04 bits per heavy atom. The molecule has 0 radical (unpaired) electrons. The SMILES string of the molecule is CC(=O)c1ccc(OCC(=O)N2CCN(c3ncccn3)CC2)cc1. The van der Waals surface area contributed by atoms with Crippen molar-refractivity contribution in [1.29, 1.82) is 0 Å². The summed E-state index contributed by atoms with van der Waals surface area (Å²) in [6.07, 6.45) is 3.43. The van der Waals surface area contributed by atoms with Crippen LogP contribution in [-0.4, -0.2) is 59.3 Å². The largest absolute Gasteiger partial charge is 0.484 e. The molecule has 2 heterocycles. The van der Waals surface area contributed by atoms with E-state index in [1.54, 1.807) is 47.6 Å². The molecule has 0 aliphatic carbocycles. The zero-order valence-corrected chi connectivity index (χ0v) is 14.1. The van der Waals surface area contributed by atoms with Crippen LogP contribution in [0.5, 0.6) is 5.75 Å². The first-order valence-corrected chi connectivity index (χ1v) is 8.17. The third kappa shape index (κ3) is 4.32. The molecule has 1 aromatic heterocycles. The first-order chi connectivity index (χ1) is 12.1. The van der Waals surface area contributed by atoms with Gasteiger partial charge in [0.1, 0.15) is 5.75 Å². The van der Waals surface area contributed by atoms with Crippen LogP contribution in [0.3, 0.4) is 0 Å². The topological polar surface area (TPSA) is 75.6 Å². The third-order valence-electron chi connectivity index (χ3n) is 4.09. The zero-order valence-electron chi connectivity index (χ0n) is 14.1. The van der Waals surface area contributed by atoms with Crippen LogP contribution in [0.25, 0.3) is 0 Å². The van der Waals surface area contributed by atoms with E-state index in [4.69, 9.17) is 4.74 Å². The standard InChI is InChI=1S/C18H20N4O3/c1-14(23)15-3-5-16(6-4-15)25-13-17(24)21-9-11-22(12-10-21)18-19-7-2-8-20-18/h2-8H,9-13H2,1H3. The molecule has 0 saturated carbocycles. The molecule has 1 fully saturated rings. The first-order valence-electron chi connectivity index (χ1n) is 8.17. The number of benzene rings is 1. The van der Waals surface area contributed by atoms with Crippen molar-refractivity contribution in [3.8, 4) is 5.75 Å². The van der Waals surface area contributed by atoms with E-state index in [0.717, 1.165) is 0 Å². The molecule has 1 aromatic carbocycles. The second-order valence-corrected chi connectivity index (χ2v) is 5.79. The predicted octanol–water partition coefficient (Wildman–Crippen LogP) is 1.41. The summed E-state index contributed by atoms with van der Waals surface area (Å²) >= 11 is 0. The van der Waals surface area contributed by atoms with Crippen molar-refractivity contribution in [3.63, 3.8) is 0 Å². The van der Waals surface area contributed by atoms with Crippen molar-refractivity contribution in [3.05, 3.63) is 48.3 Å². The van der Waals surface area contributed by atoms with E-state index in [9.17, 15) is 9.59 Å². The maximum atomic E-state index is 12.3. The number of hydrogen-bond donors (Lipinski definition) is 0. The smallest absolute Gasteiger partial charge is 0.260 e. The Bertz CT molecular complexity index is 726. The molecule has 1 saturated heterocycles. The summed E-state index contributed by atoms with van der Waals surface area (Å²) in [5.74, 6) is 1.22. The van der Waals surface area contributed by atoms with Crippen molar-refractivity contribution in [1.82, 2.24) is 14.9 Å². The van der Waals surface area contributed by atoms with Crippen LogP contribution in [0, 0.1) is 0 Å². The fourth-order valence-electron chi connectivity index (χ4n) is 2.63. The number of aromatic nitrogens is 2. The van der Waals surface area contributed by atoms with Crippen molar-refractivity contribution < 1.29 is 14.3 Å². The monoisotopic (exact) mass is 340 g/mol. The number of rotatable bonds is 5. The first kappa shape index (κ1) is 16.9. The van der Waals surface area contributed by atoms with Gasteiger partial charge < -0.3 is 14.5 Å². The maximum Gasteiger partial charge on any atom is 0.260 e. The van der Waals surface area contributed by atoms with Crippen LogP contribution < -0.4 is 9.64 Å². The highest BCUT2D eigenvalue weighted by molar-refractivity contribution is 5.94. The molecule has 3 rings (SSSR count). The molecule has 1 aliphatic heterocycles. The van der Waals surface area contributed by atoms with E-state index in [0.29, 0.717) is 43.4 Å². The minimum absolute atomic E-state index is 0.00268. The molecule has 7 nitrogen and oxygen atoms in total. The van der Waals surface area contributed by atoms with Gasteiger partial charge in [0.15, 0.2) is 12.4 Å². The Morgan fingerprint density at radius 3 is 2.28 bits per heavy atom. The predicted molar refractivity (Wildman–Crippen MR) is 92.8 cm³/mol. The summed E-state index contributed by atoms with van der Waals surface area (Å²) < 4.78 is 5.53. The van der Waals surface area contributed by atoms with Crippen LogP contribution in [0.4, 0.5) is 5.95 Å². The normalized spacial score (nSPS) is 14.3. The number of nitrogens with zero attached hydrogens (tertiary/aromatic N) is 4. The minimum atomic E-state index is -0.0516. The maximum absolute atomic E-state index is 12.3. The summed E-state index contributed by atoms with van der Waals surface area (Å²) in [4.78, 5) is 35.8. The van der Waals surface area contributed by atoms with Gasteiger partial charge in [-0.2, -0.15) is 0 Å². The van der Waals surface area contributed by atoms with Gasteiger partial charge in [-0.25, -0.2) is 9.97 Å². The zero-order chi connectivity index (χ0) is 17.6. The van der Waals surface area contributed by atoms with Crippen LogP contribution in [0.15, 0.2) is 42.7 Å². The average molecular weight is 340 g/mol. The van der Waals surface area contributed by atoms with Gasteiger partial charge in [-0.3, -0.25) is 9.59 Å². The van der Waals surface area contributed by atoms with Crippen molar-refractivity contribution in [2.24, 2.45) is 0 Å². The molecule has 25 heavy (non-hydrogen) atoms. The quantitative estimate of drug-likeness (QED) is 0.766. The van der Waals surface area contributed by atoms with Crippen LogP contribution in [-0.2, 0) is 4.79 Å². The Labute approximate surface area is 146 Å². The van der Waals surface area contributed by atoms with E-state index < -0.39 is 0 Å². The second kappa shape index (κ2) is 7.74. The number of carbonyl (C=O) groups is 2. The lowest BCUT2D eigenvalue weighted by molar-refractivity contribution is -0.133. The van der Waals surface area contributed by atoms with Crippen molar-refractivity contribution >= 4 is 17.6 Å². The summed E-state index contributed by atoms with van der Waals surface area (Å²) in [7, 11) is 0. The van der Waals surface area contributed by atoms with E-state index in [-0.39, 0.29) is 18.3 Å². The highest BCUT2D eigenvalue weighted by atomic mass is 16.5. The van der Waals surface area contributed by atoms with Gasteiger partial charge >= 0.3 is 0 Å². The molecular weight excluding hydrogens is 320 g/mol. The molecule has 7 heteroatoms. The molecular formula is C18H20N4O3. The van der Waals surface area contributed by atoms with E-state index in [2.05, 4.69) is 14.9 Å². The molecule has 0 unspecified atom stereocenters. The summed E-state index contributed by atoms with van der Waals surface area (Å²) in [6, 6.07) is 8.58. The number of ether oxygens (including phenoxy) is 1. The third-order valence-corrected chi connectivity index (χ3v) is 4.09. The van der Waals surface area contributed by atoms with Crippen LogP contribution in [0.2, 0.25) is 0 Å². The minimum Gasteiger partial charge on any atom is -0.484 e. The number of anilines is 1. The summed E-state index contributed by atoms with van der Waals surface area (Å²) in [6.45, 7) is 4.13. The lowest BCUT2D eigenvalue weighted by atomic mass is 10.1. The highest BCUT2D eigenvalue weighted by Gasteiger charge is 2.22.